The smallest absolute Gasteiger partial charge is 0.309 e. The van der Waals surface area contributed by atoms with E-state index in [1.807, 2.05) is 0 Å². The van der Waals surface area contributed by atoms with Gasteiger partial charge in [-0.25, -0.2) is 0 Å². The van der Waals surface area contributed by atoms with Gasteiger partial charge in [-0.05, 0) is 92.3 Å². The molecule has 7 atom stereocenters. The van der Waals surface area contributed by atoms with Gasteiger partial charge in [-0.2, -0.15) is 0 Å². The largest absolute Gasteiger partial charge is 0.356 e. The topological polar surface area (TPSA) is 52.6 Å². The van der Waals surface area contributed by atoms with Crippen molar-refractivity contribution in [2.24, 2.45) is 40.4 Å². The van der Waals surface area contributed by atoms with Crippen LogP contribution in [0.25, 0.3) is 0 Å². The lowest BCUT2D eigenvalue weighted by Crippen LogP contribution is -2.52. The average Bonchev–Trinajstić information content (AvgIpc) is 3.10. The summed E-state index contributed by atoms with van der Waals surface area (Å²) in [6.45, 7) is 7.06. The number of Topliss-reactive ketones (excluding diaryl/α,β-unsaturated/α-hetero) is 1. The number of hydrogen-bond donors (Lipinski definition) is 0. The highest BCUT2D eigenvalue weighted by molar-refractivity contribution is 7.58. The summed E-state index contributed by atoms with van der Waals surface area (Å²) >= 11 is 0. The zero-order valence-corrected chi connectivity index (χ0v) is 20.5. The van der Waals surface area contributed by atoms with Crippen LogP contribution in [0.3, 0.4) is 0 Å². The zero-order valence-electron chi connectivity index (χ0n) is 19.6. The maximum absolute atomic E-state index is 13.0. The summed E-state index contributed by atoms with van der Waals surface area (Å²) < 4.78 is 23.6. The predicted molar refractivity (Wildman–Crippen MR) is 120 cm³/mol. The molecule has 4 aliphatic rings. The Hall–Kier alpha value is -0.440. The molecular weight excluding hydrogens is 395 g/mol. The molecule has 4 rings (SSSR count). The highest BCUT2D eigenvalue weighted by Crippen LogP contribution is 2.69. The Balaban J connectivity index is 1.58. The van der Waals surface area contributed by atoms with Crippen molar-refractivity contribution >= 4 is 13.4 Å². The van der Waals surface area contributed by atoms with E-state index in [-0.39, 0.29) is 10.8 Å². The molecule has 0 radical (unpaired) electrons. The van der Waals surface area contributed by atoms with E-state index in [0.717, 1.165) is 55.7 Å². The molecule has 4 nitrogen and oxygen atoms in total. The van der Waals surface area contributed by atoms with Crippen LogP contribution in [0.4, 0.5) is 0 Å². The van der Waals surface area contributed by atoms with Crippen molar-refractivity contribution in [3.05, 3.63) is 11.4 Å². The Morgan fingerprint density at radius 1 is 1.03 bits per heavy atom. The van der Waals surface area contributed by atoms with E-state index in [2.05, 4.69) is 26.8 Å². The van der Waals surface area contributed by atoms with E-state index < -0.39 is 7.60 Å². The number of carbonyl (C=O) groups excluding carboxylic acids is 1. The molecule has 170 valence electrons. The Labute approximate surface area is 183 Å². The van der Waals surface area contributed by atoms with Crippen LogP contribution in [0.15, 0.2) is 11.4 Å². The number of rotatable bonds is 6. The molecule has 5 heteroatoms. The van der Waals surface area contributed by atoms with Crippen LogP contribution in [0.2, 0.25) is 0 Å². The summed E-state index contributed by atoms with van der Waals surface area (Å²) in [5.41, 5.74) is 0.486. The standard InChI is InChI=1S/C25H41O4P/c1-6-7-23(26)22-11-10-20-19-9-8-17-16-18(30(27,28-4)29-5)12-14-24(17,2)21(19)13-15-25(20,22)3/h16-17,19-22H,6-15H2,1-5H3/t17-,19-,20-,21-,22+,24-,25-/m0/s1. The Morgan fingerprint density at radius 3 is 2.40 bits per heavy atom. The fourth-order valence-corrected chi connectivity index (χ4v) is 9.70. The fourth-order valence-electron chi connectivity index (χ4n) is 8.33. The monoisotopic (exact) mass is 436 g/mol. The van der Waals surface area contributed by atoms with Crippen LogP contribution in [-0.2, 0) is 18.4 Å². The molecule has 30 heavy (non-hydrogen) atoms. The van der Waals surface area contributed by atoms with E-state index in [1.165, 1.54) is 39.9 Å². The summed E-state index contributed by atoms with van der Waals surface area (Å²) in [6.07, 6.45) is 13.1. The van der Waals surface area contributed by atoms with Crippen LogP contribution >= 0.6 is 7.60 Å². The summed E-state index contributed by atoms with van der Waals surface area (Å²) in [6, 6.07) is 0. The second-order valence-electron chi connectivity index (χ2n) is 11.0. The number of allylic oxidation sites excluding steroid dienone is 2. The van der Waals surface area contributed by atoms with Gasteiger partial charge in [0.25, 0.3) is 0 Å². The van der Waals surface area contributed by atoms with Crippen molar-refractivity contribution in [2.75, 3.05) is 14.2 Å². The third-order valence-electron chi connectivity index (χ3n) is 9.97. The first-order valence-corrected chi connectivity index (χ1v) is 13.7. The maximum Gasteiger partial charge on any atom is 0.356 e. The van der Waals surface area contributed by atoms with Crippen LogP contribution in [0.1, 0.15) is 85.0 Å². The minimum Gasteiger partial charge on any atom is -0.309 e. The van der Waals surface area contributed by atoms with Gasteiger partial charge in [0.1, 0.15) is 5.78 Å². The predicted octanol–water partition coefficient (Wildman–Crippen LogP) is 6.99. The summed E-state index contributed by atoms with van der Waals surface area (Å²) in [5, 5.41) is 0.889. The SMILES string of the molecule is CCCC(=O)[C@H]1CC[C@H]2[C@@H]3CC[C@H]4C=C(P(=O)(OC)OC)CC[C@]4(C)[C@H]3CC[C@]12C. The van der Waals surface area contributed by atoms with E-state index in [4.69, 9.17) is 9.05 Å². The van der Waals surface area contributed by atoms with Gasteiger partial charge in [-0.3, -0.25) is 9.36 Å². The van der Waals surface area contributed by atoms with Gasteiger partial charge in [-0.15, -0.1) is 0 Å². The van der Waals surface area contributed by atoms with E-state index in [9.17, 15) is 9.36 Å². The molecular formula is C25H41O4P. The molecule has 0 aliphatic heterocycles. The molecule has 3 fully saturated rings. The van der Waals surface area contributed by atoms with Gasteiger partial charge in [0.05, 0.1) is 0 Å². The van der Waals surface area contributed by atoms with Crippen LogP contribution in [0, 0.1) is 40.4 Å². The van der Waals surface area contributed by atoms with Crippen molar-refractivity contribution in [2.45, 2.75) is 85.0 Å². The van der Waals surface area contributed by atoms with Crippen LogP contribution in [-0.4, -0.2) is 20.0 Å². The van der Waals surface area contributed by atoms with Gasteiger partial charge in [0.2, 0.25) is 0 Å². The molecule has 0 aromatic rings. The lowest BCUT2D eigenvalue weighted by Gasteiger charge is -2.59. The molecule has 0 saturated heterocycles. The Bertz CT molecular complexity index is 752. The zero-order chi connectivity index (χ0) is 21.7. The second-order valence-corrected chi connectivity index (χ2v) is 13.3. The normalized spacial score (nSPS) is 43.4. The van der Waals surface area contributed by atoms with E-state index in [1.54, 1.807) is 0 Å². The maximum atomic E-state index is 13.0. The number of carbonyl (C=O) groups is 1. The first-order valence-electron chi connectivity index (χ1n) is 12.2. The second kappa shape index (κ2) is 8.16. The van der Waals surface area contributed by atoms with Crippen molar-refractivity contribution in [1.29, 1.82) is 0 Å². The fraction of sp³-hybridized carbons (Fsp3) is 0.880. The molecule has 4 aliphatic carbocycles. The van der Waals surface area contributed by atoms with Crippen molar-refractivity contribution in [3.8, 4) is 0 Å². The first-order chi connectivity index (χ1) is 14.2. The van der Waals surface area contributed by atoms with E-state index in [0.29, 0.717) is 23.5 Å². The summed E-state index contributed by atoms with van der Waals surface area (Å²) in [7, 11) is -0.129. The van der Waals surface area contributed by atoms with Gasteiger partial charge in [-0.1, -0.05) is 26.8 Å². The number of hydrogen-bond acceptors (Lipinski definition) is 4. The third-order valence-corrected chi connectivity index (χ3v) is 12.0. The molecule has 0 bridgehead atoms. The number of fused-ring (bicyclic) bond motifs is 5. The molecule has 0 spiro atoms. The average molecular weight is 437 g/mol. The lowest BCUT2D eigenvalue weighted by molar-refractivity contribution is -0.132. The minimum absolute atomic E-state index is 0.216. The van der Waals surface area contributed by atoms with Crippen LogP contribution in [0.5, 0.6) is 0 Å². The Kier molecular flexibility index (Phi) is 6.19. The molecule has 0 aromatic carbocycles. The van der Waals surface area contributed by atoms with Gasteiger partial charge >= 0.3 is 7.60 Å². The van der Waals surface area contributed by atoms with Crippen LogP contribution < -0.4 is 0 Å². The van der Waals surface area contributed by atoms with Crippen molar-refractivity contribution in [3.63, 3.8) is 0 Å². The molecule has 0 N–H and O–H groups in total. The van der Waals surface area contributed by atoms with Crippen molar-refractivity contribution < 1.29 is 18.4 Å². The summed E-state index contributed by atoms with van der Waals surface area (Å²) in [5.74, 6) is 3.45. The molecule has 0 unspecified atom stereocenters. The quantitative estimate of drug-likeness (QED) is 0.421. The summed E-state index contributed by atoms with van der Waals surface area (Å²) in [4.78, 5) is 12.9. The molecule has 0 heterocycles. The molecule has 3 saturated carbocycles. The first kappa shape index (κ1) is 22.7. The molecule has 0 aromatic heterocycles. The van der Waals surface area contributed by atoms with Crippen molar-refractivity contribution in [1.82, 2.24) is 0 Å². The molecule has 0 amide bonds. The van der Waals surface area contributed by atoms with E-state index >= 15 is 0 Å². The Morgan fingerprint density at radius 2 is 1.73 bits per heavy atom. The van der Waals surface area contributed by atoms with Gasteiger partial charge in [0.15, 0.2) is 0 Å². The van der Waals surface area contributed by atoms with Gasteiger partial charge < -0.3 is 9.05 Å². The third kappa shape index (κ3) is 3.32. The number of ketones is 1. The highest BCUT2D eigenvalue weighted by atomic mass is 31.2. The lowest BCUT2D eigenvalue weighted by atomic mass is 9.45. The van der Waals surface area contributed by atoms with Gasteiger partial charge in [0, 0.05) is 31.9 Å². The highest BCUT2D eigenvalue weighted by Gasteiger charge is 2.60. The minimum atomic E-state index is -3.12.